The summed E-state index contributed by atoms with van der Waals surface area (Å²) >= 11 is 0. The number of nitrogens with two attached hydrogens (primary N) is 1. The normalized spacial score (nSPS) is 19.3. The van der Waals surface area contributed by atoms with E-state index in [0.29, 0.717) is 0 Å². The zero-order valence-corrected chi connectivity index (χ0v) is 22.7. The molecule has 2 N–H and O–H groups in total. The van der Waals surface area contributed by atoms with E-state index in [-0.39, 0.29) is 22.3 Å². The number of carbonyl (C=O) groups excluding carboxylic acids is 4. The first kappa shape index (κ1) is 28.9. The fourth-order valence-corrected chi connectivity index (χ4v) is 4.73. The lowest BCUT2D eigenvalue weighted by Gasteiger charge is -2.25. The minimum atomic E-state index is -1.46. The summed E-state index contributed by atoms with van der Waals surface area (Å²) < 4.78 is 24.0. The second-order valence-corrected chi connectivity index (χ2v) is 9.35. The van der Waals surface area contributed by atoms with E-state index in [1.165, 1.54) is 43.6 Å². The van der Waals surface area contributed by atoms with Crippen molar-refractivity contribution in [2.45, 2.75) is 24.5 Å². The standard InChI is InChI=1S/C31H25N3O9/c1-40-31(39)21-15-9-8-14-20(21)23-24(42-29(37)18-10-4-2-5-11-18)25(43-30(38)19-12-6-3-7-13-19)28(41-23)34-17-16-33-22(26(32)35)27(34)36/h2-17,23-25,28H,1H3,(H2,32,35)/t23-,24-,25-,28-/m1/s1. The van der Waals surface area contributed by atoms with Crippen LogP contribution in [0, 0.1) is 0 Å². The summed E-state index contributed by atoms with van der Waals surface area (Å²) in [4.78, 5) is 68.4. The summed E-state index contributed by atoms with van der Waals surface area (Å²) in [6.45, 7) is 0. The van der Waals surface area contributed by atoms with Gasteiger partial charge in [0.1, 0.15) is 6.10 Å². The Labute approximate surface area is 244 Å². The van der Waals surface area contributed by atoms with Crippen molar-refractivity contribution >= 4 is 23.8 Å². The van der Waals surface area contributed by atoms with Gasteiger partial charge in [0, 0.05) is 12.4 Å². The molecule has 0 radical (unpaired) electrons. The number of methoxy groups -OCH3 is 1. The van der Waals surface area contributed by atoms with Crippen LogP contribution in [0.25, 0.3) is 0 Å². The largest absolute Gasteiger partial charge is 0.465 e. The summed E-state index contributed by atoms with van der Waals surface area (Å²) in [5.41, 5.74) is 4.52. The molecular formula is C31H25N3O9. The van der Waals surface area contributed by atoms with Gasteiger partial charge in [-0.2, -0.15) is 0 Å². The predicted molar refractivity (Wildman–Crippen MR) is 149 cm³/mol. The monoisotopic (exact) mass is 583 g/mol. The van der Waals surface area contributed by atoms with Crippen molar-refractivity contribution in [1.29, 1.82) is 0 Å². The molecule has 2 heterocycles. The van der Waals surface area contributed by atoms with Crippen LogP contribution in [0.15, 0.2) is 102 Å². The summed E-state index contributed by atoms with van der Waals surface area (Å²) in [6, 6.07) is 22.4. The van der Waals surface area contributed by atoms with Gasteiger partial charge < -0.3 is 24.7 Å². The number of hydrogen-bond donors (Lipinski definition) is 1. The van der Waals surface area contributed by atoms with Crippen LogP contribution < -0.4 is 11.3 Å². The van der Waals surface area contributed by atoms with Gasteiger partial charge in [0.25, 0.3) is 11.5 Å². The third-order valence-electron chi connectivity index (χ3n) is 6.74. The van der Waals surface area contributed by atoms with Crippen molar-refractivity contribution in [3.8, 4) is 0 Å². The number of primary amides is 1. The zero-order chi connectivity index (χ0) is 30.5. The highest BCUT2D eigenvalue weighted by Gasteiger charge is 2.52. The molecule has 5 rings (SSSR count). The Bertz CT molecular complexity index is 1720. The van der Waals surface area contributed by atoms with E-state index < -0.39 is 59.6 Å². The molecule has 0 spiro atoms. The van der Waals surface area contributed by atoms with Crippen molar-refractivity contribution < 1.29 is 38.1 Å². The van der Waals surface area contributed by atoms with Gasteiger partial charge in [0.05, 0.1) is 23.8 Å². The molecule has 4 aromatic rings. The minimum Gasteiger partial charge on any atom is -0.465 e. The topological polar surface area (TPSA) is 166 Å². The van der Waals surface area contributed by atoms with Crippen LogP contribution in [0.3, 0.4) is 0 Å². The second kappa shape index (κ2) is 12.5. The molecule has 0 saturated carbocycles. The second-order valence-electron chi connectivity index (χ2n) is 9.35. The number of rotatable bonds is 8. The van der Waals surface area contributed by atoms with Gasteiger partial charge in [0.2, 0.25) is 0 Å². The van der Waals surface area contributed by atoms with Crippen molar-refractivity contribution in [3.63, 3.8) is 0 Å². The van der Waals surface area contributed by atoms with Gasteiger partial charge in [-0.3, -0.25) is 14.2 Å². The summed E-state index contributed by atoms with van der Waals surface area (Å²) in [6.07, 6.45) is -3.19. The van der Waals surface area contributed by atoms with E-state index >= 15 is 0 Å². The third kappa shape index (κ3) is 5.90. The Morgan fingerprint density at radius 2 is 1.35 bits per heavy atom. The maximum Gasteiger partial charge on any atom is 0.338 e. The first-order valence-electron chi connectivity index (χ1n) is 13.0. The quantitative estimate of drug-likeness (QED) is 0.241. The van der Waals surface area contributed by atoms with Crippen LogP contribution in [0.4, 0.5) is 0 Å². The highest BCUT2D eigenvalue weighted by Crippen LogP contribution is 2.43. The SMILES string of the molecule is COC(=O)c1ccccc1[C@H]1O[C@@H](n2ccnc(C(N)=O)c2=O)[C@H](OC(=O)c2ccccc2)[C@@H]1OC(=O)c1ccccc1. The molecule has 0 unspecified atom stereocenters. The summed E-state index contributed by atoms with van der Waals surface area (Å²) in [5.74, 6) is -3.38. The molecule has 12 heteroatoms. The van der Waals surface area contributed by atoms with Gasteiger partial charge >= 0.3 is 17.9 Å². The smallest absolute Gasteiger partial charge is 0.338 e. The van der Waals surface area contributed by atoms with E-state index in [1.54, 1.807) is 54.6 Å². The maximum atomic E-state index is 13.4. The molecule has 43 heavy (non-hydrogen) atoms. The minimum absolute atomic E-state index is 0.0875. The molecule has 1 aliphatic heterocycles. The molecule has 1 fully saturated rings. The molecule has 1 saturated heterocycles. The number of amides is 1. The molecule has 12 nitrogen and oxygen atoms in total. The van der Waals surface area contributed by atoms with E-state index in [1.807, 2.05) is 0 Å². The van der Waals surface area contributed by atoms with Crippen molar-refractivity contribution in [1.82, 2.24) is 9.55 Å². The lowest BCUT2D eigenvalue weighted by molar-refractivity contribution is -0.0524. The van der Waals surface area contributed by atoms with Crippen LogP contribution in [-0.4, -0.2) is 52.7 Å². The molecule has 1 aliphatic rings. The van der Waals surface area contributed by atoms with Crippen LogP contribution in [0.1, 0.15) is 59.5 Å². The Morgan fingerprint density at radius 1 is 0.791 bits per heavy atom. The Kier molecular flexibility index (Phi) is 8.39. The number of aromatic nitrogens is 2. The maximum absolute atomic E-state index is 13.4. The lowest BCUT2D eigenvalue weighted by Crippen LogP contribution is -2.41. The van der Waals surface area contributed by atoms with E-state index in [0.717, 1.165) is 10.8 Å². The van der Waals surface area contributed by atoms with E-state index in [4.69, 9.17) is 24.7 Å². The van der Waals surface area contributed by atoms with Gasteiger partial charge in [-0.05, 0) is 35.9 Å². The molecular weight excluding hydrogens is 558 g/mol. The molecule has 218 valence electrons. The highest BCUT2D eigenvalue weighted by atomic mass is 16.6. The summed E-state index contributed by atoms with van der Waals surface area (Å²) in [5, 5.41) is 0. The number of esters is 3. The van der Waals surface area contributed by atoms with E-state index in [2.05, 4.69) is 4.98 Å². The van der Waals surface area contributed by atoms with Crippen LogP contribution in [0.2, 0.25) is 0 Å². The first-order valence-corrected chi connectivity index (χ1v) is 13.0. The van der Waals surface area contributed by atoms with E-state index in [9.17, 15) is 24.0 Å². The van der Waals surface area contributed by atoms with Gasteiger partial charge in [-0.25, -0.2) is 19.4 Å². The summed E-state index contributed by atoms with van der Waals surface area (Å²) in [7, 11) is 1.21. The van der Waals surface area contributed by atoms with Crippen molar-refractivity contribution in [2.24, 2.45) is 5.73 Å². The highest BCUT2D eigenvalue weighted by molar-refractivity contribution is 5.92. The average Bonchev–Trinajstić information content (AvgIpc) is 3.38. The van der Waals surface area contributed by atoms with Gasteiger partial charge in [-0.1, -0.05) is 54.6 Å². The number of ether oxygens (including phenoxy) is 4. The average molecular weight is 584 g/mol. The Morgan fingerprint density at radius 3 is 1.93 bits per heavy atom. The van der Waals surface area contributed by atoms with Crippen LogP contribution in [0.5, 0.6) is 0 Å². The fraction of sp³-hybridized carbons (Fsp3) is 0.161. The molecule has 4 atom stereocenters. The Hall–Kier alpha value is -5.62. The van der Waals surface area contributed by atoms with Gasteiger partial charge in [-0.15, -0.1) is 0 Å². The molecule has 1 amide bonds. The number of nitrogens with zero attached hydrogens (tertiary/aromatic N) is 2. The fourth-order valence-electron chi connectivity index (χ4n) is 4.73. The molecule has 0 aliphatic carbocycles. The molecule has 3 aromatic carbocycles. The lowest BCUT2D eigenvalue weighted by atomic mass is 9.97. The van der Waals surface area contributed by atoms with Crippen LogP contribution in [-0.2, 0) is 18.9 Å². The number of hydrogen-bond acceptors (Lipinski definition) is 10. The zero-order valence-electron chi connectivity index (χ0n) is 22.7. The number of carbonyl (C=O) groups is 4. The van der Waals surface area contributed by atoms with Crippen molar-refractivity contribution in [2.75, 3.05) is 7.11 Å². The molecule has 1 aromatic heterocycles. The number of benzene rings is 3. The Balaban J connectivity index is 1.67. The van der Waals surface area contributed by atoms with Crippen LogP contribution >= 0.6 is 0 Å². The predicted octanol–water partition coefficient (Wildman–Crippen LogP) is 2.85. The molecule has 0 bridgehead atoms. The van der Waals surface area contributed by atoms with Crippen molar-refractivity contribution in [3.05, 3.63) is 136 Å². The third-order valence-corrected chi connectivity index (χ3v) is 6.74. The van der Waals surface area contributed by atoms with Gasteiger partial charge in [0.15, 0.2) is 24.1 Å². The first-order chi connectivity index (χ1) is 20.8.